The van der Waals surface area contributed by atoms with Gasteiger partial charge in [-0.2, -0.15) is 0 Å². The molecule has 8 nitrogen and oxygen atoms in total. The van der Waals surface area contributed by atoms with Crippen molar-refractivity contribution >= 4 is 64.4 Å². The van der Waals surface area contributed by atoms with Crippen LogP contribution in [-0.4, -0.2) is 28.9 Å². The molecule has 2 N–H and O–H groups in total. The first kappa shape index (κ1) is 33.2. The van der Waals surface area contributed by atoms with Gasteiger partial charge in [0.15, 0.2) is 0 Å². The number of nitrogens with one attached hydrogen (secondary N) is 2. The highest BCUT2D eigenvalue weighted by atomic mass is 35.5. The lowest BCUT2D eigenvalue weighted by atomic mass is 10.1. The molecule has 5 aromatic rings. The van der Waals surface area contributed by atoms with Crippen molar-refractivity contribution in [1.29, 1.82) is 0 Å². The predicted molar refractivity (Wildman–Crippen MR) is 188 cm³/mol. The maximum atomic E-state index is 14.5. The largest absolute Gasteiger partial charge is 0.457 e. The Balaban J connectivity index is 1.14. The van der Waals surface area contributed by atoms with E-state index in [9.17, 15) is 23.6 Å². The van der Waals surface area contributed by atoms with Crippen molar-refractivity contribution < 1.29 is 28.3 Å². The van der Waals surface area contributed by atoms with Crippen LogP contribution in [0.25, 0.3) is 6.08 Å². The molecule has 0 spiro atoms. The minimum atomic E-state index is -0.690. The van der Waals surface area contributed by atoms with Gasteiger partial charge in [-0.3, -0.25) is 19.2 Å². The van der Waals surface area contributed by atoms with E-state index in [4.69, 9.17) is 16.3 Å². The molecule has 6 rings (SSSR count). The monoisotopic (exact) mass is 691 g/mol. The lowest BCUT2D eigenvalue weighted by molar-refractivity contribution is -0.121. The number of carbonyl (C=O) groups is 4. The highest BCUT2D eigenvalue weighted by Crippen LogP contribution is 2.36. The number of halogens is 2. The number of amides is 4. The summed E-state index contributed by atoms with van der Waals surface area (Å²) in [5, 5.41) is 5.23. The van der Waals surface area contributed by atoms with Gasteiger partial charge >= 0.3 is 0 Å². The van der Waals surface area contributed by atoms with Crippen LogP contribution >= 0.6 is 23.4 Å². The quantitative estimate of drug-likeness (QED) is 0.113. The van der Waals surface area contributed by atoms with Crippen LogP contribution in [0, 0.1) is 5.82 Å². The van der Waals surface area contributed by atoms with Gasteiger partial charge in [-0.25, -0.2) is 9.29 Å². The van der Waals surface area contributed by atoms with Crippen molar-refractivity contribution in [3.05, 3.63) is 155 Å². The summed E-state index contributed by atoms with van der Waals surface area (Å²) in [7, 11) is 0. The van der Waals surface area contributed by atoms with E-state index in [1.807, 2.05) is 0 Å². The standard InChI is InChI=1S/C38H27ClFN3O5S/c39-26-13-17-29(18-14-26)48-30-19-15-28(16-20-30)43-35(44)23-34(38(43)47)49-31-11-6-10-27(22-31)41-37(46)33(21-25-9-4-5-12-32(25)40)42-36(45)24-7-2-1-3-8-24/h1-22,34H,23H2,(H,41,46)(H,42,45)/b33-21-/t34-/m1/s1. The van der Waals surface area contributed by atoms with E-state index in [1.54, 1.807) is 109 Å². The average Bonchev–Trinajstić information content (AvgIpc) is 3.38. The Hall–Kier alpha value is -5.71. The number of hydrogen-bond donors (Lipinski definition) is 2. The number of hydrogen-bond acceptors (Lipinski definition) is 6. The molecule has 1 aliphatic heterocycles. The average molecular weight is 692 g/mol. The van der Waals surface area contributed by atoms with Gasteiger partial charge in [-0.05, 0) is 91.0 Å². The smallest absolute Gasteiger partial charge is 0.272 e. The zero-order valence-corrected chi connectivity index (χ0v) is 27.2. The van der Waals surface area contributed by atoms with Crippen LogP contribution in [-0.2, 0) is 14.4 Å². The number of thioether (sulfide) groups is 1. The Morgan fingerprint density at radius 3 is 2.22 bits per heavy atom. The first-order valence-electron chi connectivity index (χ1n) is 15.0. The Morgan fingerprint density at radius 1 is 0.837 bits per heavy atom. The molecule has 1 saturated heterocycles. The van der Waals surface area contributed by atoms with Crippen molar-refractivity contribution in [2.75, 3.05) is 10.2 Å². The SMILES string of the molecule is O=C(Nc1cccc(S[C@@H]2CC(=O)N(c3ccc(Oc4ccc(Cl)cc4)cc3)C2=O)c1)/C(=C/c1ccccc1F)NC(=O)c1ccccc1. The molecule has 11 heteroatoms. The third-order valence-corrected chi connectivity index (χ3v) is 8.78. The number of nitrogens with zero attached hydrogens (tertiary/aromatic N) is 1. The molecule has 0 saturated carbocycles. The molecule has 5 aromatic carbocycles. The fourth-order valence-electron chi connectivity index (χ4n) is 4.97. The summed E-state index contributed by atoms with van der Waals surface area (Å²) in [6.07, 6.45) is 1.25. The van der Waals surface area contributed by atoms with Crippen molar-refractivity contribution in [3.8, 4) is 11.5 Å². The summed E-state index contributed by atoms with van der Waals surface area (Å²) < 4.78 is 20.3. The van der Waals surface area contributed by atoms with Crippen LogP contribution in [0.4, 0.5) is 15.8 Å². The Kier molecular flexibility index (Phi) is 10.2. The van der Waals surface area contributed by atoms with Crippen molar-refractivity contribution in [3.63, 3.8) is 0 Å². The zero-order chi connectivity index (χ0) is 34.3. The zero-order valence-electron chi connectivity index (χ0n) is 25.6. The summed E-state index contributed by atoms with van der Waals surface area (Å²) in [4.78, 5) is 54.5. The van der Waals surface area contributed by atoms with Crippen LogP contribution in [0.5, 0.6) is 11.5 Å². The van der Waals surface area contributed by atoms with Crippen molar-refractivity contribution in [2.24, 2.45) is 0 Å². The molecule has 244 valence electrons. The Labute approximate surface area is 290 Å². The number of carbonyl (C=O) groups excluding carboxylic acids is 4. The van der Waals surface area contributed by atoms with Gasteiger partial charge < -0.3 is 15.4 Å². The Bertz CT molecular complexity index is 2060. The number of anilines is 2. The number of imide groups is 1. The molecule has 1 heterocycles. The number of rotatable bonds is 10. The minimum absolute atomic E-state index is 0.00977. The maximum absolute atomic E-state index is 14.5. The van der Waals surface area contributed by atoms with Crippen molar-refractivity contribution in [2.45, 2.75) is 16.6 Å². The predicted octanol–water partition coefficient (Wildman–Crippen LogP) is 8.11. The molecule has 1 atom stereocenters. The third kappa shape index (κ3) is 8.24. The molecule has 0 bridgehead atoms. The van der Waals surface area contributed by atoms with Gasteiger partial charge in [0.05, 0.1) is 10.9 Å². The molecule has 1 aliphatic rings. The molecule has 0 aromatic heterocycles. The topological polar surface area (TPSA) is 105 Å². The minimum Gasteiger partial charge on any atom is -0.457 e. The van der Waals surface area contributed by atoms with Crippen molar-refractivity contribution in [1.82, 2.24) is 5.32 Å². The van der Waals surface area contributed by atoms with Crippen LogP contribution < -0.4 is 20.3 Å². The van der Waals surface area contributed by atoms with Gasteiger partial charge in [0.2, 0.25) is 11.8 Å². The second-order valence-corrected chi connectivity index (χ2v) is 12.5. The lowest BCUT2D eigenvalue weighted by Gasteiger charge is -2.16. The molecule has 0 aliphatic carbocycles. The van der Waals surface area contributed by atoms with Gasteiger partial charge in [-0.15, -0.1) is 11.8 Å². The van der Waals surface area contributed by atoms with Gasteiger partial charge in [0, 0.05) is 33.2 Å². The van der Waals surface area contributed by atoms with E-state index in [0.717, 1.165) is 4.90 Å². The fraction of sp³-hybridized carbons (Fsp3) is 0.0526. The molecule has 1 fully saturated rings. The summed E-state index contributed by atoms with van der Waals surface area (Å²) in [5.41, 5.74) is 1.06. The first-order valence-corrected chi connectivity index (χ1v) is 16.3. The lowest BCUT2D eigenvalue weighted by Crippen LogP contribution is -2.31. The second kappa shape index (κ2) is 15.0. The highest BCUT2D eigenvalue weighted by molar-refractivity contribution is 8.00. The molecule has 0 radical (unpaired) electrons. The van der Waals surface area contributed by atoms with Gasteiger partial charge in [0.1, 0.15) is 23.0 Å². The molecular weight excluding hydrogens is 665 g/mol. The van der Waals surface area contributed by atoms with E-state index in [0.29, 0.717) is 38.4 Å². The molecule has 49 heavy (non-hydrogen) atoms. The van der Waals surface area contributed by atoms with Crippen LogP contribution in [0.15, 0.2) is 138 Å². The third-order valence-electron chi connectivity index (χ3n) is 7.35. The summed E-state index contributed by atoms with van der Waals surface area (Å²) in [6.45, 7) is 0. The maximum Gasteiger partial charge on any atom is 0.272 e. The van der Waals surface area contributed by atoms with Crippen LogP contribution in [0.1, 0.15) is 22.3 Å². The number of ether oxygens (including phenoxy) is 1. The summed E-state index contributed by atoms with van der Waals surface area (Å²) in [6, 6.07) is 34.5. The fourth-order valence-corrected chi connectivity index (χ4v) is 6.21. The van der Waals surface area contributed by atoms with E-state index in [2.05, 4.69) is 10.6 Å². The first-order chi connectivity index (χ1) is 23.7. The summed E-state index contributed by atoms with van der Waals surface area (Å²) in [5.74, 6) is -1.37. The normalized spacial score (nSPS) is 14.4. The number of benzene rings is 5. The molecule has 0 unspecified atom stereocenters. The molecular formula is C38H27ClFN3O5S. The summed E-state index contributed by atoms with van der Waals surface area (Å²) >= 11 is 7.13. The highest BCUT2D eigenvalue weighted by Gasteiger charge is 2.40. The van der Waals surface area contributed by atoms with Gasteiger partial charge in [-0.1, -0.05) is 54.1 Å². The Morgan fingerprint density at radius 2 is 1.51 bits per heavy atom. The van der Waals surface area contributed by atoms with E-state index >= 15 is 0 Å². The molecule has 4 amide bonds. The van der Waals surface area contributed by atoms with Crippen LogP contribution in [0.3, 0.4) is 0 Å². The van der Waals surface area contributed by atoms with Gasteiger partial charge in [0.25, 0.3) is 11.8 Å². The van der Waals surface area contributed by atoms with E-state index < -0.39 is 22.9 Å². The second-order valence-electron chi connectivity index (χ2n) is 10.8. The van der Waals surface area contributed by atoms with Crippen LogP contribution in [0.2, 0.25) is 5.02 Å². The van der Waals surface area contributed by atoms with E-state index in [-0.39, 0.29) is 29.5 Å². The van der Waals surface area contributed by atoms with E-state index in [1.165, 1.54) is 36.0 Å².